The van der Waals surface area contributed by atoms with Crippen LogP contribution in [0.25, 0.3) is 0 Å². The summed E-state index contributed by atoms with van der Waals surface area (Å²) in [5.74, 6) is -0.270. The van der Waals surface area contributed by atoms with E-state index in [9.17, 15) is 4.39 Å². The van der Waals surface area contributed by atoms with E-state index in [0.717, 1.165) is 6.54 Å². The summed E-state index contributed by atoms with van der Waals surface area (Å²) in [5, 5.41) is 0. The van der Waals surface area contributed by atoms with E-state index in [1.807, 2.05) is 6.92 Å². The molecule has 0 saturated carbocycles. The van der Waals surface area contributed by atoms with Gasteiger partial charge in [0.05, 0.1) is 6.61 Å². The Morgan fingerprint density at radius 2 is 2.21 bits per heavy atom. The number of methoxy groups -OCH3 is 1. The topological polar surface area (TPSA) is 38.5 Å². The highest BCUT2D eigenvalue weighted by Gasteiger charge is 2.14. The largest absolute Gasteiger partial charge is 0.389 e. The first-order valence-corrected chi connectivity index (χ1v) is 6.71. The van der Waals surface area contributed by atoms with E-state index in [0.29, 0.717) is 24.3 Å². The lowest BCUT2D eigenvalue weighted by atomic mass is 10.1. The number of benzene rings is 1. The summed E-state index contributed by atoms with van der Waals surface area (Å²) in [5.41, 5.74) is 6.69. The van der Waals surface area contributed by atoms with Gasteiger partial charge in [-0.05, 0) is 19.5 Å². The van der Waals surface area contributed by atoms with Crippen LogP contribution in [0.15, 0.2) is 18.2 Å². The van der Waals surface area contributed by atoms with Crippen LogP contribution in [0.2, 0.25) is 0 Å². The molecule has 2 N–H and O–H groups in total. The molecular weight excluding hydrogens is 263 g/mol. The number of hydrogen-bond acceptors (Lipinski definition) is 3. The Morgan fingerprint density at radius 3 is 2.68 bits per heavy atom. The van der Waals surface area contributed by atoms with Crippen molar-refractivity contribution in [2.24, 2.45) is 5.73 Å². The van der Waals surface area contributed by atoms with Crippen molar-refractivity contribution in [3.63, 3.8) is 0 Å². The molecule has 1 atom stereocenters. The smallest absolute Gasteiger partial charge is 0.128 e. The van der Waals surface area contributed by atoms with Crippen LogP contribution in [0.4, 0.5) is 4.39 Å². The molecular formula is C14H21FN2OS. The van der Waals surface area contributed by atoms with E-state index in [-0.39, 0.29) is 16.8 Å². The maximum atomic E-state index is 14.0. The SMILES string of the molecule is CCN(Cc1ccc(C(N)=S)cc1F)C(C)COC. The van der Waals surface area contributed by atoms with Crippen LogP contribution in [0.1, 0.15) is 25.0 Å². The second-order valence-electron chi connectivity index (χ2n) is 4.54. The summed E-state index contributed by atoms with van der Waals surface area (Å²) in [6.07, 6.45) is 0. The third-order valence-corrected chi connectivity index (χ3v) is 3.38. The fourth-order valence-corrected chi connectivity index (χ4v) is 2.10. The fraction of sp³-hybridized carbons (Fsp3) is 0.500. The van der Waals surface area contributed by atoms with E-state index < -0.39 is 0 Å². The molecule has 3 nitrogen and oxygen atoms in total. The molecule has 106 valence electrons. The van der Waals surface area contributed by atoms with Crippen molar-refractivity contribution in [2.45, 2.75) is 26.4 Å². The third kappa shape index (κ3) is 4.53. The lowest BCUT2D eigenvalue weighted by molar-refractivity contribution is 0.0975. The zero-order chi connectivity index (χ0) is 14.4. The zero-order valence-corrected chi connectivity index (χ0v) is 12.5. The molecule has 5 heteroatoms. The van der Waals surface area contributed by atoms with Gasteiger partial charge in [0.25, 0.3) is 0 Å². The molecule has 0 fully saturated rings. The van der Waals surface area contributed by atoms with Crippen LogP contribution in [0, 0.1) is 5.82 Å². The molecule has 0 saturated heterocycles. The van der Waals surface area contributed by atoms with E-state index in [2.05, 4.69) is 11.8 Å². The third-order valence-electron chi connectivity index (χ3n) is 3.15. The van der Waals surface area contributed by atoms with Crippen molar-refractivity contribution >= 4 is 17.2 Å². The second-order valence-corrected chi connectivity index (χ2v) is 4.98. The molecule has 0 radical (unpaired) electrons. The molecule has 0 amide bonds. The lowest BCUT2D eigenvalue weighted by Crippen LogP contribution is -2.35. The molecule has 1 unspecified atom stereocenters. The Balaban J connectivity index is 2.83. The summed E-state index contributed by atoms with van der Waals surface area (Å²) in [4.78, 5) is 2.37. The van der Waals surface area contributed by atoms with Crippen LogP contribution in [-0.4, -0.2) is 36.2 Å². The molecule has 1 rings (SSSR count). The van der Waals surface area contributed by atoms with Crippen LogP contribution in [0.3, 0.4) is 0 Å². The van der Waals surface area contributed by atoms with Gasteiger partial charge in [-0.3, -0.25) is 4.90 Å². The van der Waals surface area contributed by atoms with E-state index >= 15 is 0 Å². The predicted octanol–water partition coefficient (Wildman–Crippen LogP) is 2.32. The Labute approximate surface area is 119 Å². The zero-order valence-electron chi connectivity index (χ0n) is 11.6. The predicted molar refractivity (Wildman–Crippen MR) is 79.7 cm³/mol. The molecule has 1 aromatic carbocycles. The van der Waals surface area contributed by atoms with Crippen molar-refractivity contribution in [1.82, 2.24) is 4.90 Å². The molecule has 0 aromatic heterocycles. The maximum absolute atomic E-state index is 14.0. The summed E-state index contributed by atoms with van der Waals surface area (Å²) in [7, 11) is 1.67. The van der Waals surface area contributed by atoms with Crippen LogP contribution >= 0.6 is 12.2 Å². The Hall–Kier alpha value is -1.04. The molecule has 19 heavy (non-hydrogen) atoms. The number of hydrogen-bond donors (Lipinski definition) is 1. The van der Waals surface area contributed by atoms with Crippen molar-refractivity contribution in [3.05, 3.63) is 35.1 Å². The van der Waals surface area contributed by atoms with Crippen molar-refractivity contribution in [3.8, 4) is 0 Å². The van der Waals surface area contributed by atoms with E-state index in [1.165, 1.54) is 6.07 Å². The van der Waals surface area contributed by atoms with Gasteiger partial charge in [-0.2, -0.15) is 0 Å². The minimum Gasteiger partial charge on any atom is -0.389 e. The normalized spacial score (nSPS) is 12.7. The van der Waals surface area contributed by atoms with Crippen molar-refractivity contribution < 1.29 is 9.13 Å². The molecule has 1 aromatic rings. The number of ether oxygens (including phenoxy) is 1. The minimum atomic E-state index is -0.270. The van der Waals surface area contributed by atoms with Gasteiger partial charge in [0.1, 0.15) is 10.8 Å². The number of rotatable bonds is 7. The molecule has 0 heterocycles. The van der Waals surface area contributed by atoms with Gasteiger partial charge in [-0.1, -0.05) is 31.3 Å². The van der Waals surface area contributed by atoms with Gasteiger partial charge in [0.2, 0.25) is 0 Å². The number of nitrogens with two attached hydrogens (primary N) is 1. The Morgan fingerprint density at radius 1 is 1.53 bits per heavy atom. The van der Waals surface area contributed by atoms with Crippen LogP contribution in [0.5, 0.6) is 0 Å². The highest BCUT2D eigenvalue weighted by Crippen LogP contribution is 2.14. The fourth-order valence-electron chi connectivity index (χ4n) is 1.97. The first-order valence-electron chi connectivity index (χ1n) is 6.30. The van der Waals surface area contributed by atoms with Gasteiger partial charge >= 0.3 is 0 Å². The summed E-state index contributed by atoms with van der Waals surface area (Å²) >= 11 is 4.84. The van der Waals surface area contributed by atoms with Gasteiger partial charge in [0, 0.05) is 30.8 Å². The number of nitrogens with zero attached hydrogens (tertiary/aromatic N) is 1. The first-order chi connectivity index (χ1) is 8.99. The van der Waals surface area contributed by atoms with Crippen molar-refractivity contribution in [2.75, 3.05) is 20.3 Å². The highest BCUT2D eigenvalue weighted by atomic mass is 32.1. The molecule has 0 spiro atoms. The van der Waals surface area contributed by atoms with Gasteiger partial charge < -0.3 is 10.5 Å². The Bertz CT molecular complexity index is 439. The number of halogens is 1. The standard InChI is InChI=1S/C14H21FN2OS/c1-4-17(10(2)9-18-3)8-12-6-5-11(14(16)19)7-13(12)15/h5-7,10H,4,8-9H2,1-3H3,(H2,16,19). The van der Waals surface area contributed by atoms with Gasteiger partial charge in [0.15, 0.2) is 0 Å². The van der Waals surface area contributed by atoms with Crippen LogP contribution in [-0.2, 0) is 11.3 Å². The summed E-state index contributed by atoms with van der Waals surface area (Å²) < 4.78 is 19.1. The molecule has 0 bridgehead atoms. The maximum Gasteiger partial charge on any atom is 0.128 e. The Kier molecular flexibility index (Phi) is 6.34. The van der Waals surface area contributed by atoms with E-state index in [4.69, 9.17) is 22.7 Å². The molecule has 0 aliphatic heterocycles. The summed E-state index contributed by atoms with van der Waals surface area (Å²) in [6.45, 7) is 6.12. The average molecular weight is 284 g/mol. The van der Waals surface area contributed by atoms with Gasteiger partial charge in [-0.15, -0.1) is 0 Å². The minimum absolute atomic E-state index is 0.213. The average Bonchev–Trinajstić information content (AvgIpc) is 2.37. The first kappa shape index (κ1) is 16.0. The monoisotopic (exact) mass is 284 g/mol. The molecule has 0 aliphatic carbocycles. The lowest BCUT2D eigenvalue weighted by Gasteiger charge is -2.27. The summed E-state index contributed by atoms with van der Waals surface area (Å²) in [6, 6.07) is 5.14. The highest BCUT2D eigenvalue weighted by molar-refractivity contribution is 7.80. The second kappa shape index (κ2) is 7.53. The molecule has 0 aliphatic rings. The number of likely N-dealkylation sites (N-methyl/N-ethyl adjacent to an activating group) is 1. The quantitative estimate of drug-likeness (QED) is 0.780. The van der Waals surface area contributed by atoms with E-state index in [1.54, 1.807) is 19.2 Å². The number of thiocarbonyl (C=S) groups is 1. The van der Waals surface area contributed by atoms with Crippen molar-refractivity contribution in [1.29, 1.82) is 0 Å². The van der Waals surface area contributed by atoms with Crippen LogP contribution < -0.4 is 5.73 Å². The van der Waals surface area contributed by atoms with Gasteiger partial charge in [-0.25, -0.2) is 4.39 Å².